The maximum atomic E-state index is 6.34. The molecule has 1 heteroatoms. The van der Waals surface area contributed by atoms with E-state index in [4.69, 9.17) is 4.74 Å². The Kier molecular flexibility index (Phi) is 3.02. The summed E-state index contributed by atoms with van der Waals surface area (Å²) in [6, 6.07) is 10.5. The van der Waals surface area contributed by atoms with Gasteiger partial charge in [0.2, 0.25) is 0 Å². The van der Waals surface area contributed by atoms with Crippen molar-refractivity contribution in [1.29, 1.82) is 0 Å². The lowest BCUT2D eigenvalue weighted by Gasteiger charge is -2.27. The van der Waals surface area contributed by atoms with Gasteiger partial charge in [0.1, 0.15) is 6.10 Å². The molecule has 3 rings (SSSR count). The molecule has 90 valence electrons. The highest BCUT2D eigenvalue weighted by molar-refractivity contribution is 5.26. The van der Waals surface area contributed by atoms with E-state index in [9.17, 15) is 0 Å². The molecule has 1 aliphatic carbocycles. The van der Waals surface area contributed by atoms with Gasteiger partial charge in [-0.1, -0.05) is 68.2 Å². The highest BCUT2D eigenvalue weighted by Crippen LogP contribution is 2.41. The number of hydrogen-bond acceptors (Lipinski definition) is 1. The fourth-order valence-corrected chi connectivity index (χ4v) is 3.03. The first kappa shape index (κ1) is 11.0. The third-order valence-electron chi connectivity index (χ3n) is 4.01. The van der Waals surface area contributed by atoms with E-state index < -0.39 is 0 Å². The van der Waals surface area contributed by atoms with Gasteiger partial charge in [0, 0.05) is 0 Å². The number of hydrogen-bond donors (Lipinski definition) is 0. The van der Waals surface area contributed by atoms with Gasteiger partial charge in [0.15, 0.2) is 0 Å². The second-order valence-electron chi connectivity index (χ2n) is 5.29. The predicted molar refractivity (Wildman–Crippen MR) is 69.8 cm³/mol. The van der Waals surface area contributed by atoms with E-state index in [2.05, 4.69) is 42.5 Å². The van der Waals surface area contributed by atoms with E-state index in [1.165, 1.54) is 44.1 Å². The van der Waals surface area contributed by atoms with Crippen molar-refractivity contribution in [3.05, 3.63) is 48.0 Å². The SMILES string of the molecule is C1=CC2(CCCCCC2)OC1c1ccccc1. The molecule has 1 atom stereocenters. The Balaban J connectivity index is 1.75. The van der Waals surface area contributed by atoms with Gasteiger partial charge < -0.3 is 4.74 Å². The molecule has 1 heterocycles. The summed E-state index contributed by atoms with van der Waals surface area (Å²) in [5.41, 5.74) is 1.33. The topological polar surface area (TPSA) is 9.23 Å². The zero-order valence-electron chi connectivity index (χ0n) is 10.3. The maximum absolute atomic E-state index is 6.34. The number of rotatable bonds is 1. The Hall–Kier alpha value is -1.08. The Labute approximate surface area is 103 Å². The molecule has 1 unspecified atom stereocenters. The van der Waals surface area contributed by atoms with Gasteiger partial charge in [-0.3, -0.25) is 0 Å². The van der Waals surface area contributed by atoms with Crippen molar-refractivity contribution in [2.24, 2.45) is 0 Å². The zero-order valence-corrected chi connectivity index (χ0v) is 10.3. The standard InChI is InChI=1S/C16H20O/c1-2-7-12-16(11-6-1)13-10-15(17-16)14-8-4-3-5-9-14/h3-5,8-10,13,15H,1-2,6-7,11-12H2. The van der Waals surface area contributed by atoms with E-state index in [0.717, 1.165) is 0 Å². The molecular formula is C16H20O. The summed E-state index contributed by atoms with van der Waals surface area (Å²) in [6.07, 6.45) is 12.5. The minimum absolute atomic E-state index is 0.0526. The van der Waals surface area contributed by atoms with Gasteiger partial charge in [-0.25, -0.2) is 0 Å². The van der Waals surface area contributed by atoms with Crippen molar-refractivity contribution < 1.29 is 4.74 Å². The van der Waals surface area contributed by atoms with Gasteiger partial charge in [0.05, 0.1) is 5.60 Å². The molecule has 17 heavy (non-hydrogen) atoms. The first-order valence-electron chi connectivity index (χ1n) is 6.80. The fourth-order valence-electron chi connectivity index (χ4n) is 3.03. The summed E-state index contributed by atoms with van der Waals surface area (Å²) in [5.74, 6) is 0. The molecule has 1 saturated carbocycles. The Morgan fingerprint density at radius 3 is 2.35 bits per heavy atom. The van der Waals surface area contributed by atoms with E-state index in [1.54, 1.807) is 0 Å². The van der Waals surface area contributed by atoms with E-state index >= 15 is 0 Å². The second kappa shape index (κ2) is 4.66. The molecule has 0 radical (unpaired) electrons. The van der Waals surface area contributed by atoms with Crippen molar-refractivity contribution in [2.45, 2.75) is 50.2 Å². The number of ether oxygens (including phenoxy) is 1. The second-order valence-corrected chi connectivity index (χ2v) is 5.29. The Morgan fingerprint density at radius 2 is 1.65 bits per heavy atom. The van der Waals surface area contributed by atoms with E-state index in [-0.39, 0.29) is 11.7 Å². The highest BCUT2D eigenvalue weighted by atomic mass is 16.5. The van der Waals surface area contributed by atoms with Crippen LogP contribution < -0.4 is 0 Å². The van der Waals surface area contributed by atoms with Gasteiger partial charge in [-0.05, 0) is 18.4 Å². The van der Waals surface area contributed by atoms with Crippen LogP contribution in [0.3, 0.4) is 0 Å². The number of benzene rings is 1. The predicted octanol–water partition coefficient (Wildman–Crippen LogP) is 4.41. The first-order chi connectivity index (χ1) is 8.38. The molecular weight excluding hydrogens is 208 g/mol. The summed E-state index contributed by atoms with van der Waals surface area (Å²) in [4.78, 5) is 0. The lowest BCUT2D eigenvalue weighted by Crippen LogP contribution is -2.26. The average molecular weight is 228 g/mol. The highest BCUT2D eigenvalue weighted by Gasteiger charge is 2.35. The maximum Gasteiger partial charge on any atom is 0.102 e. The molecule has 1 nitrogen and oxygen atoms in total. The molecule has 0 amide bonds. The lowest BCUT2D eigenvalue weighted by molar-refractivity contribution is -0.0343. The fraction of sp³-hybridized carbons (Fsp3) is 0.500. The van der Waals surface area contributed by atoms with Crippen molar-refractivity contribution in [1.82, 2.24) is 0 Å². The van der Waals surface area contributed by atoms with Crippen molar-refractivity contribution in [3.63, 3.8) is 0 Å². The minimum Gasteiger partial charge on any atom is -0.359 e. The van der Waals surface area contributed by atoms with Gasteiger partial charge in [-0.15, -0.1) is 0 Å². The molecule has 0 saturated heterocycles. The minimum atomic E-state index is 0.0526. The van der Waals surface area contributed by atoms with E-state index in [1.807, 2.05) is 0 Å². The molecule has 1 aromatic carbocycles. The zero-order chi connectivity index (χ0) is 11.6. The van der Waals surface area contributed by atoms with Crippen LogP contribution in [0.1, 0.15) is 50.2 Å². The van der Waals surface area contributed by atoms with Crippen molar-refractivity contribution >= 4 is 0 Å². The van der Waals surface area contributed by atoms with Crippen molar-refractivity contribution in [2.75, 3.05) is 0 Å². The van der Waals surface area contributed by atoms with Gasteiger partial charge >= 0.3 is 0 Å². The summed E-state index contributed by atoms with van der Waals surface area (Å²) in [6.45, 7) is 0. The smallest absolute Gasteiger partial charge is 0.102 e. The van der Waals surface area contributed by atoms with Gasteiger partial charge in [0.25, 0.3) is 0 Å². The lowest BCUT2D eigenvalue weighted by atomic mass is 9.95. The Bertz CT molecular complexity index is 385. The molecule has 1 aromatic rings. The average Bonchev–Trinajstić information content (AvgIpc) is 2.65. The molecule has 0 bridgehead atoms. The molecule has 0 N–H and O–H groups in total. The summed E-state index contributed by atoms with van der Waals surface area (Å²) >= 11 is 0. The van der Waals surface area contributed by atoms with Crippen LogP contribution in [-0.2, 0) is 4.74 Å². The molecule has 2 aliphatic rings. The molecule has 1 fully saturated rings. The van der Waals surface area contributed by atoms with Crippen LogP contribution in [0.5, 0.6) is 0 Å². The van der Waals surface area contributed by atoms with Crippen LogP contribution in [0, 0.1) is 0 Å². The van der Waals surface area contributed by atoms with E-state index in [0.29, 0.717) is 0 Å². The quantitative estimate of drug-likeness (QED) is 0.647. The van der Waals surface area contributed by atoms with Crippen LogP contribution in [0.4, 0.5) is 0 Å². The first-order valence-corrected chi connectivity index (χ1v) is 6.80. The summed E-state index contributed by atoms with van der Waals surface area (Å²) in [7, 11) is 0. The van der Waals surface area contributed by atoms with Crippen LogP contribution in [0.25, 0.3) is 0 Å². The largest absolute Gasteiger partial charge is 0.359 e. The third-order valence-corrected chi connectivity index (χ3v) is 4.01. The summed E-state index contributed by atoms with van der Waals surface area (Å²) in [5, 5.41) is 0. The third kappa shape index (κ3) is 2.30. The molecule has 0 aromatic heterocycles. The van der Waals surface area contributed by atoms with Crippen LogP contribution in [0.2, 0.25) is 0 Å². The monoisotopic (exact) mass is 228 g/mol. The molecule has 1 aliphatic heterocycles. The van der Waals surface area contributed by atoms with Crippen LogP contribution >= 0.6 is 0 Å². The normalized spacial score (nSPS) is 27.2. The van der Waals surface area contributed by atoms with Gasteiger partial charge in [-0.2, -0.15) is 0 Å². The molecule has 1 spiro atoms. The Morgan fingerprint density at radius 1 is 0.941 bits per heavy atom. The summed E-state index contributed by atoms with van der Waals surface area (Å²) < 4.78 is 6.34. The van der Waals surface area contributed by atoms with Crippen molar-refractivity contribution in [3.8, 4) is 0 Å². The van der Waals surface area contributed by atoms with Crippen LogP contribution in [-0.4, -0.2) is 5.60 Å². The van der Waals surface area contributed by atoms with Crippen LogP contribution in [0.15, 0.2) is 42.5 Å².